The number of nitrogens with zero attached hydrogens (tertiary/aromatic N) is 4. The maximum atomic E-state index is 13.1. The smallest absolute Gasteiger partial charge is 0.358 e. The van der Waals surface area contributed by atoms with Crippen LogP contribution >= 0.6 is 0 Å². The summed E-state index contributed by atoms with van der Waals surface area (Å²) in [6, 6.07) is 7.25. The number of rotatable bonds is 2. The van der Waals surface area contributed by atoms with E-state index in [1.807, 2.05) is 19.1 Å². The summed E-state index contributed by atoms with van der Waals surface area (Å²) in [6.07, 6.45) is 0.761. The Morgan fingerprint density at radius 2 is 2.12 bits per heavy atom. The summed E-state index contributed by atoms with van der Waals surface area (Å²) in [5.74, 6) is 0.230. The number of amides is 1. The minimum atomic E-state index is -0.472. The molecule has 0 aliphatic carbocycles. The molecule has 3 heterocycles. The van der Waals surface area contributed by atoms with Gasteiger partial charge in [0.1, 0.15) is 11.3 Å². The summed E-state index contributed by atoms with van der Waals surface area (Å²) in [4.78, 5) is 34.2. The van der Waals surface area contributed by atoms with Crippen LogP contribution in [0.1, 0.15) is 38.8 Å². The van der Waals surface area contributed by atoms with Crippen molar-refractivity contribution in [3.8, 4) is 0 Å². The van der Waals surface area contributed by atoms with E-state index in [4.69, 9.17) is 4.74 Å². The molecule has 0 bridgehead atoms. The normalized spacial score (nSPS) is 14.2. The highest BCUT2D eigenvalue weighted by Gasteiger charge is 2.25. The monoisotopic (exact) mass is 353 g/mol. The molecule has 4 rings (SSSR count). The zero-order chi connectivity index (χ0) is 18.3. The molecule has 8 nitrogen and oxygen atoms in total. The van der Waals surface area contributed by atoms with Gasteiger partial charge in [0.25, 0.3) is 5.91 Å². The number of carbonyl (C=O) groups is 2. The number of esters is 1. The van der Waals surface area contributed by atoms with Gasteiger partial charge in [-0.15, -0.1) is 0 Å². The van der Waals surface area contributed by atoms with Crippen molar-refractivity contribution in [2.24, 2.45) is 0 Å². The van der Waals surface area contributed by atoms with Crippen molar-refractivity contribution in [1.29, 1.82) is 0 Å². The van der Waals surface area contributed by atoms with E-state index < -0.39 is 5.97 Å². The SMILES string of the molecule is COC(=O)c1cc2n(n1)CCCN(C(=O)c1cccc3[nH]c(C)nc13)C2. The quantitative estimate of drug-likeness (QED) is 0.710. The molecule has 1 aliphatic rings. The van der Waals surface area contributed by atoms with Gasteiger partial charge < -0.3 is 14.6 Å². The molecule has 134 valence electrons. The van der Waals surface area contributed by atoms with E-state index in [0.717, 1.165) is 23.5 Å². The molecule has 2 aromatic heterocycles. The van der Waals surface area contributed by atoms with Gasteiger partial charge in [-0.2, -0.15) is 5.10 Å². The molecule has 0 fully saturated rings. The molecular weight excluding hydrogens is 334 g/mol. The Kier molecular flexibility index (Phi) is 3.95. The van der Waals surface area contributed by atoms with E-state index >= 15 is 0 Å². The fourth-order valence-electron chi connectivity index (χ4n) is 3.34. The van der Waals surface area contributed by atoms with Gasteiger partial charge in [-0.3, -0.25) is 9.48 Å². The van der Waals surface area contributed by atoms with Crippen LogP contribution in [0.5, 0.6) is 0 Å². The van der Waals surface area contributed by atoms with Gasteiger partial charge in [0.15, 0.2) is 5.69 Å². The number of hydrogen-bond donors (Lipinski definition) is 1. The Morgan fingerprint density at radius 1 is 1.27 bits per heavy atom. The van der Waals surface area contributed by atoms with Gasteiger partial charge >= 0.3 is 5.97 Å². The largest absolute Gasteiger partial charge is 0.464 e. The number of hydrogen-bond acceptors (Lipinski definition) is 5. The Balaban J connectivity index is 1.66. The summed E-state index contributed by atoms with van der Waals surface area (Å²) in [6.45, 7) is 3.53. The molecule has 0 unspecified atom stereocenters. The minimum absolute atomic E-state index is 0.0728. The molecule has 1 aromatic carbocycles. The molecule has 0 atom stereocenters. The number of ether oxygens (including phenoxy) is 1. The summed E-state index contributed by atoms with van der Waals surface area (Å²) in [5, 5.41) is 4.29. The fraction of sp³-hybridized carbons (Fsp3) is 0.333. The van der Waals surface area contributed by atoms with E-state index in [0.29, 0.717) is 30.7 Å². The Hall–Kier alpha value is -3.16. The number of benzene rings is 1. The number of aromatic amines is 1. The molecule has 26 heavy (non-hydrogen) atoms. The van der Waals surface area contributed by atoms with E-state index in [9.17, 15) is 9.59 Å². The summed E-state index contributed by atoms with van der Waals surface area (Å²) < 4.78 is 6.51. The maximum absolute atomic E-state index is 13.1. The van der Waals surface area contributed by atoms with E-state index in [-0.39, 0.29) is 11.6 Å². The third-order valence-electron chi connectivity index (χ3n) is 4.56. The number of carbonyl (C=O) groups excluding carboxylic acids is 2. The van der Waals surface area contributed by atoms with Gasteiger partial charge in [0, 0.05) is 13.1 Å². The lowest BCUT2D eigenvalue weighted by Gasteiger charge is -2.20. The van der Waals surface area contributed by atoms with Crippen molar-refractivity contribution in [3.05, 3.63) is 47.0 Å². The van der Waals surface area contributed by atoms with Crippen molar-refractivity contribution < 1.29 is 14.3 Å². The van der Waals surface area contributed by atoms with E-state index in [2.05, 4.69) is 15.1 Å². The second-order valence-corrected chi connectivity index (χ2v) is 6.34. The van der Waals surface area contributed by atoms with E-state index in [1.165, 1.54) is 7.11 Å². The zero-order valence-electron chi connectivity index (χ0n) is 14.7. The number of fused-ring (bicyclic) bond motifs is 2. The van der Waals surface area contributed by atoms with Crippen molar-refractivity contribution in [3.63, 3.8) is 0 Å². The first-order chi connectivity index (χ1) is 12.6. The molecule has 1 amide bonds. The van der Waals surface area contributed by atoms with Crippen LogP contribution < -0.4 is 0 Å². The highest BCUT2D eigenvalue weighted by molar-refractivity contribution is 6.04. The van der Waals surface area contributed by atoms with Crippen LogP contribution in [0.2, 0.25) is 0 Å². The first-order valence-corrected chi connectivity index (χ1v) is 8.46. The first kappa shape index (κ1) is 16.3. The second kappa shape index (κ2) is 6.29. The number of nitrogens with one attached hydrogen (secondary N) is 1. The summed E-state index contributed by atoms with van der Waals surface area (Å²) in [5.41, 5.74) is 3.20. The molecule has 1 aliphatic heterocycles. The predicted octanol–water partition coefficient (Wildman–Crippen LogP) is 1.90. The summed E-state index contributed by atoms with van der Waals surface area (Å²) in [7, 11) is 1.33. The average Bonchev–Trinajstić information content (AvgIpc) is 3.16. The van der Waals surface area contributed by atoms with Crippen LogP contribution in [0.15, 0.2) is 24.3 Å². The lowest BCUT2D eigenvalue weighted by Crippen LogP contribution is -2.30. The molecule has 8 heteroatoms. The predicted molar refractivity (Wildman–Crippen MR) is 93.8 cm³/mol. The summed E-state index contributed by atoms with van der Waals surface area (Å²) >= 11 is 0. The standard InChI is InChI=1S/C18H19N5O3/c1-11-19-14-6-3-5-13(16(14)20-11)17(24)22-7-4-8-23-12(10-22)9-15(21-23)18(25)26-2/h3,5-6,9H,4,7-8,10H2,1-2H3,(H,19,20). The Labute approximate surface area is 149 Å². The average molecular weight is 353 g/mol. The van der Waals surface area contributed by atoms with Gasteiger partial charge in [-0.25, -0.2) is 9.78 Å². The number of imidazole rings is 1. The third kappa shape index (κ3) is 2.73. The lowest BCUT2D eigenvalue weighted by atomic mass is 10.1. The maximum Gasteiger partial charge on any atom is 0.358 e. The van der Waals surface area contributed by atoms with Crippen LogP contribution in [0.25, 0.3) is 11.0 Å². The molecule has 0 spiro atoms. The molecule has 1 N–H and O–H groups in total. The van der Waals surface area contributed by atoms with Crippen molar-refractivity contribution >= 4 is 22.9 Å². The zero-order valence-corrected chi connectivity index (χ0v) is 14.7. The van der Waals surface area contributed by atoms with Crippen molar-refractivity contribution in [2.45, 2.75) is 26.4 Å². The van der Waals surface area contributed by atoms with Crippen LogP contribution in [0.4, 0.5) is 0 Å². The third-order valence-corrected chi connectivity index (χ3v) is 4.56. The molecular formula is C18H19N5O3. The van der Waals surface area contributed by atoms with Crippen molar-refractivity contribution in [2.75, 3.05) is 13.7 Å². The minimum Gasteiger partial charge on any atom is -0.464 e. The Bertz CT molecular complexity index is 1000. The number of aryl methyl sites for hydroxylation is 2. The molecule has 0 saturated carbocycles. The first-order valence-electron chi connectivity index (χ1n) is 8.46. The Morgan fingerprint density at radius 3 is 2.92 bits per heavy atom. The lowest BCUT2D eigenvalue weighted by molar-refractivity contribution is 0.0593. The van der Waals surface area contributed by atoms with E-state index in [1.54, 1.807) is 21.7 Å². The van der Waals surface area contributed by atoms with Gasteiger partial charge in [0.2, 0.25) is 0 Å². The number of methoxy groups -OCH3 is 1. The van der Waals surface area contributed by atoms with Gasteiger partial charge in [-0.05, 0) is 31.5 Å². The number of H-pyrrole nitrogens is 1. The van der Waals surface area contributed by atoms with Gasteiger partial charge in [-0.1, -0.05) is 6.07 Å². The van der Waals surface area contributed by atoms with Crippen LogP contribution in [0, 0.1) is 6.92 Å². The molecule has 0 saturated heterocycles. The number of para-hydroxylation sites is 1. The van der Waals surface area contributed by atoms with Crippen LogP contribution in [-0.2, 0) is 17.8 Å². The van der Waals surface area contributed by atoms with Crippen LogP contribution in [0.3, 0.4) is 0 Å². The molecule has 0 radical (unpaired) electrons. The molecule has 3 aromatic rings. The highest BCUT2D eigenvalue weighted by Crippen LogP contribution is 2.21. The van der Waals surface area contributed by atoms with Crippen LogP contribution in [-0.4, -0.2) is 50.2 Å². The number of aromatic nitrogens is 4. The second-order valence-electron chi connectivity index (χ2n) is 6.34. The highest BCUT2D eigenvalue weighted by atomic mass is 16.5. The van der Waals surface area contributed by atoms with Gasteiger partial charge in [0.05, 0.1) is 30.4 Å². The topological polar surface area (TPSA) is 93.1 Å². The fourth-order valence-corrected chi connectivity index (χ4v) is 3.34. The van der Waals surface area contributed by atoms with Crippen molar-refractivity contribution in [1.82, 2.24) is 24.6 Å².